The summed E-state index contributed by atoms with van der Waals surface area (Å²) in [5, 5.41) is 13.3. The highest BCUT2D eigenvalue weighted by Gasteiger charge is 2.09. The van der Waals surface area contributed by atoms with E-state index in [-0.39, 0.29) is 0 Å². The van der Waals surface area contributed by atoms with Crippen LogP contribution in [0.1, 0.15) is 17.0 Å². The second-order valence-corrected chi connectivity index (χ2v) is 6.48. The molecule has 6 nitrogen and oxygen atoms in total. The maximum Gasteiger partial charge on any atom is 0.222 e. The fourth-order valence-electron chi connectivity index (χ4n) is 2.48. The van der Waals surface area contributed by atoms with Crippen molar-refractivity contribution in [3.8, 4) is 5.69 Å². The number of aromatic nitrogens is 5. The maximum absolute atomic E-state index is 5.82. The van der Waals surface area contributed by atoms with E-state index in [9.17, 15) is 0 Å². The molecule has 2 N–H and O–H groups in total. The zero-order chi connectivity index (χ0) is 17.1. The molecule has 0 unspecified atom stereocenters. The number of nitrogens with two attached hydrogens (primary N) is 1. The van der Waals surface area contributed by atoms with Crippen LogP contribution < -0.4 is 5.73 Å². The van der Waals surface area contributed by atoms with Crippen molar-refractivity contribution < 1.29 is 0 Å². The molecule has 24 heavy (non-hydrogen) atoms. The molecule has 0 aliphatic carbocycles. The molecule has 0 radical (unpaired) electrons. The van der Waals surface area contributed by atoms with Crippen LogP contribution in [0.15, 0.2) is 48.1 Å². The van der Waals surface area contributed by atoms with Crippen LogP contribution in [0.25, 0.3) is 5.69 Å². The standard InChI is InChI=1S/C17H20N6S/c1-4-9-22-16(18)19-20-17(22)24-11-14-5-7-15(8-6-14)23-13(3)10-12(2)21-23/h4-8,10H,1,9,11H2,2-3H3,(H2,18,19). The summed E-state index contributed by atoms with van der Waals surface area (Å²) in [6.07, 6.45) is 1.78. The first-order valence-corrected chi connectivity index (χ1v) is 8.62. The van der Waals surface area contributed by atoms with Crippen LogP contribution in [0.4, 0.5) is 5.95 Å². The van der Waals surface area contributed by atoms with Crippen LogP contribution in [-0.2, 0) is 12.3 Å². The quantitative estimate of drug-likeness (QED) is 0.551. The highest BCUT2D eigenvalue weighted by Crippen LogP contribution is 2.23. The third-order valence-electron chi connectivity index (χ3n) is 3.62. The van der Waals surface area contributed by atoms with Gasteiger partial charge in [0.1, 0.15) is 0 Å². The van der Waals surface area contributed by atoms with Gasteiger partial charge in [0, 0.05) is 18.0 Å². The average Bonchev–Trinajstić information content (AvgIpc) is 3.09. The predicted molar refractivity (Wildman–Crippen MR) is 97.2 cm³/mol. The minimum Gasteiger partial charge on any atom is -0.368 e. The minimum atomic E-state index is 0.414. The molecule has 0 aliphatic rings. The second kappa shape index (κ2) is 6.92. The molecule has 3 aromatic rings. The third-order valence-corrected chi connectivity index (χ3v) is 4.65. The lowest BCUT2D eigenvalue weighted by molar-refractivity contribution is 0.733. The van der Waals surface area contributed by atoms with E-state index in [4.69, 9.17) is 5.73 Å². The van der Waals surface area contributed by atoms with Gasteiger partial charge < -0.3 is 5.73 Å². The highest BCUT2D eigenvalue weighted by molar-refractivity contribution is 7.98. The van der Waals surface area contributed by atoms with Crippen LogP contribution >= 0.6 is 11.8 Å². The van der Waals surface area contributed by atoms with Gasteiger partial charge in [0.2, 0.25) is 5.95 Å². The highest BCUT2D eigenvalue weighted by atomic mass is 32.2. The molecule has 0 fully saturated rings. The Hall–Kier alpha value is -2.54. The van der Waals surface area contributed by atoms with Crippen molar-refractivity contribution in [1.29, 1.82) is 0 Å². The van der Waals surface area contributed by atoms with Gasteiger partial charge in [0.25, 0.3) is 0 Å². The van der Waals surface area contributed by atoms with Gasteiger partial charge >= 0.3 is 0 Å². The van der Waals surface area contributed by atoms with E-state index in [1.54, 1.807) is 17.8 Å². The van der Waals surface area contributed by atoms with Crippen molar-refractivity contribution >= 4 is 17.7 Å². The normalized spacial score (nSPS) is 10.9. The zero-order valence-electron chi connectivity index (χ0n) is 13.8. The Bertz CT molecular complexity index is 847. The Morgan fingerprint density at radius 2 is 1.96 bits per heavy atom. The molecule has 2 aromatic heterocycles. The summed E-state index contributed by atoms with van der Waals surface area (Å²) in [5.74, 6) is 1.21. The molecule has 0 aliphatic heterocycles. The van der Waals surface area contributed by atoms with Gasteiger partial charge in [-0.1, -0.05) is 30.0 Å². The maximum atomic E-state index is 5.82. The molecule has 3 rings (SSSR count). The topological polar surface area (TPSA) is 74.6 Å². The molecule has 0 saturated carbocycles. The van der Waals surface area contributed by atoms with E-state index < -0.39 is 0 Å². The zero-order valence-corrected chi connectivity index (χ0v) is 14.6. The Morgan fingerprint density at radius 1 is 1.21 bits per heavy atom. The number of benzene rings is 1. The molecule has 2 heterocycles. The van der Waals surface area contributed by atoms with Crippen LogP contribution in [0.5, 0.6) is 0 Å². The molecule has 0 amide bonds. The van der Waals surface area contributed by atoms with Gasteiger partial charge in [-0.3, -0.25) is 4.57 Å². The number of aryl methyl sites for hydroxylation is 2. The molecule has 0 saturated heterocycles. The summed E-state index contributed by atoms with van der Waals surface area (Å²) >= 11 is 1.61. The van der Waals surface area contributed by atoms with Gasteiger partial charge in [-0.05, 0) is 37.6 Å². The molecule has 0 bridgehead atoms. The van der Waals surface area contributed by atoms with Crippen LogP contribution in [-0.4, -0.2) is 24.5 Å². The van der Waals surface area contributed by atoms with Crippen LogP contribution in [0, 0.1) is 13.8 Å². The molecular weight excluding hydrogens is 320 g/mol. The van der Waals surface area contributed by atoms with Gasteiger partial charge in [0.05, 0.1) is 11.4 Å². The van der Waals surface area contributed by atoms with E-state index in [1.165, 1.54) is 5.56 Å². The fraction of sp³-hybridized carbons (Fsp3) is 0.235. The first-order valence-electron chi connectivity index (χ1n) is 7.63. The fourth-order valence-corrected chi connectivity index (χ4v) is 3.39. The summed E-state index contributed by atoms with van der Waals surface area (Å²) in [6, 6.07) is 10.4. The van der Waals surface area contributed by atoms with Crippen LogP contribution in [0.3, 0.4) is 0 Å². The number of hydrogen-bond acceptors (Lipinski definition) is 5. The first kappa shape index (κ1) is 16.3. The lowest BCUT2D eigenvalue weighted by atomic mass is 10.2. The minimum absolute atomic E-state index is 0.414. The van der Waals surface area contributed by atoms with Gasteiger partial charge in [-0.15, -0.1) is 16.8 Å². The van der Waals surface area contributed by atoms with Gasteiger partial charge in [-0.2, -0.15) is 5.10 Å². The van der Waals surface area contributed by atoms with E-state index in [0.717, 1.165) is 28.0 Å². The SMILES string of the molecule is C=CCn1c(N)nnc1SCc1ccc(-n2nc(C)cc2C)cc1. The van der Waals surface area contributed by atoms with Gasteiger partial charge in [-0.25, -0.2) is 4.68 Å². The predicted octanol–water partition coefficient (Wildman–Crippen LogP) is 3.14. The van der Waals surface area contributed by atoms with E-state index in [0.29, 0.717) is 12.5 Å². The number of rotatable bonds is 6. The van der Waals surface area contributed by atoms with Crippen molar-refractivity contribution in [2.45, 2.75) is 31.3 Å². The van der Waals surface area contributed by atoms with Crippen molar-refractivity contribution in [2.24, 2.45) is 0 Å². The largest absolute Gasteiger partial charge is 0.368 e. The molecular formula is C17H20N6S. The van der Waals surface area contributed by atoms with Crippen LogP contribution in [0.2, 0.25) is 0 Å². The molecule has 0 atom stereocenters. The molecule has 124 valence electrons. The van der Waals surface area contributed by atoms with Crippen molar-refractivity contribution in [3.63, 3.8) is 0 Å². The third kappa shape index (κ3) is 3.35. The summed E-state index contributed by atoms with van der Waals surface area (Å²) in [5.41, 5.74) is 10.2. The van der Waals surface area contributed by atoms with E-state index in [2.05, 4.69) is 59.1 Å². The Kier molecular flexibility index (Phi) is 4.71. The van der Waals surface area contributed by atoms with Crippen molar-refractivity contribution in [3.05, 3.63) is 59.9 Å². The summed E-state index contributed by atoms with van der Waals surface area (Å²) < 4.78 is 3.80. The second-order valence-electron chi connectivity index (χ2n) is 5.53. The Morgan fingerprint density at radius 3 is 2.58 bits per heavy atom. The summed E-state index contributed by atoms with van der Waals surface area (Å²) in [7, 11) is 0. The Balaban J connectivity index is 1.71. The lowest BCUT2D eigenvalue weighted by Crippen LogP contribution is -2.03. The molecule has 1 aromatic carbocycles. The van der Waals surface area contributed by atoms with Crippen molar-refractivity contribution in [2.75, 3.05) is 5.73 Å². The number of hydrogen-bond donors (Lipinski definition) is 1. The number of nitrogen functional groups attached to an aromatic ring is 1. The smallest absolute Gasteiger partial charge is 0.222 e. The van der Waals surface area contributed by atoms with E-state index in [1.807, 2.05) is 16.2 Å². The van der Waals surface area contributed by atoms with Crippen molar-refractivity contribution in [1.82, 2.24) is 24.5 Å². The molecule has 7 heteroatoms. The number of anilines is 1. The monoisotopic (exact) mass is 340 g/mol. The number of thioether (sulfide) groups is 1. The van der Waals surface area contributed by atoms with Gasteiger partial charge in [0.15, 0.2) is 5.16 Å². The number of nitrogens with zero attached hydrogens (tertiary/aromatic N) is 5. The average molecular weight is 340 g/mol. The van der Waals surface area contributed by atoms with E-state index >= 15 is 0 Å². The summed E-state index contributed by atoms with van der Waals surface area (Å²) in [4.78, 5) is 0. The Labute approximate surface area is 145 Å². The molecule has 0 spiro atoms. The number of allylic oxidation sites excluding steroid dienone is 1. The summed E-state index contributed by atoms with van der Waals surface area (Å²) in [6.45, 7) is 8.40. The lowest BCUT2D eigenvalue weighted by Gasteiger charge is -2.07. The first-order chi connectivity index (χ1) is 11.6.